The number of ether oxygens (including phenoxy) is 2. The van der Waals surface area contributed by atoms with E-state index in [-0.39, 0.29) is 16.6 Å². The fourth-order valence-electron chi connectivity index (χ4n) is 3.99. The molecule has 2 aliphatic heterocycles. The summed E-state index contributed by atoms with van der Waals surface area (Å²) in [5.41, 5.74) is 0.737. The van der Waals surface area contributed by atoms with Gasteiger partial charge in [-0.25, -0.2) is 19.0 Å². The van der Waals surface area contributed by atoms with Gasteiger partial charge in [0.05, 0.1) is 18.7 Å². The van der Waals surface area contributed by atoms with E-state index in [1.165, 1.54) is 36.6 Å². The van der Waals surface area contributed by atoms with Crippen molar-refractivity contribution in [2.24, 2.45) is 4.99 Å². The number of benzene rings is 1. The van der Waals surface area contributed by atoms with Crippen LogP contribution in [0.3, 0.4) is 0 Å². The second-order valence-corrected chi connectivity index (χ2v) is 10.2. The minimum absolute atomic E-state index is 0.143. The number of carbonyl (C=O) groups excluding carboxylic acids is 2. The number of rotatable bonds is 4. The van der Waals surface area contributed by atoms with Crippen LogP contribution < -0.4 is 5.32 Å². The first-order valence-corrected chi connectivity index (χ1v) is 11.8. The first kappa shape index (κ1) is 24.2. The molecule has 4 rings (SSSR count). The lowest BCUT2D eigenvalue weighted by atomic mass is 9.94. The maximum atomic E-state index is 13.7. The van der Waals surface area contributed by atoms with Crippen LogP contribution in [0.4, 0.5) is 9.18 Å². The number of nitrogens with zero attached hydrogens (tertiary/aromatic N) is 3. The molecule has 0 spiro atoms. The molecule has 1 saturated heterocycles. The van der Waals surface area contributed by atoms with Gasteiger partial charge >= 0.3 is 12.1 Å². The zero-order valence-corrected chi connectivity index (χ0v) is 20.7. The van der Waals surface area contributed by atoms with Gasteiger partial charge in [-0.15, -0.1) is 11.3 Å². The lowest BCUT2D eigenvalue weighted by molar-refractivity contribution is -0.136. The van der Waals surface area contributed by atoms with Crippen LogP contribution in [0.5, 0.6) is 0 Å². The molecule has 0 radical (unpaired) electrons. The number of hydrogen-bond donors (Lipinski definition) is 1. The molecule has 180 valence electrons. The van der Waals surface area contributed by atoms with Gasteiger partial charge in [-0.3, -0.25) is 4.99 Å². The van der Waals surface area contributed by atoms with Crippen molar-refractivity contribution in [2.45, 2.75) is 44.9 Å². The van der Waals surface area contributed by atoms with Crippen LogP contribution in [0.15, 0.2) is 46.0 Å². The summed E-state index contributed by atoms with van der Waals surface area (Å²) in [7, 11) is 1.29. The van der Waals surface area contributed by atoms with E-state index in [1.54, 1.807) is 27.0 Å². The van der Waals surface area contributed by atoms with Crippen molar-refractivity contribution in [3.05, 3.63) is 62.5 Å². The van der Waals surface area contributed by atoms with E-state index in [1.807, 2.05) is 10.3 Å². The summed E-state index contributed by atoms with van der Waals surface area (Å²) in [5, 5.41) is 5.48. The molecule has 1 fully saturated rings. The highest BCUT2D eigenvalue weighted by Gasteiger charge is 2.43. The lowest BCUT2D eigenvalue weighted by Crippen LogP contribution is -2.41. The third-order valence-corrected chi connectivity index (χ3v) is 6.36. The molecule has 8 nitrogen and oxygen atoms in total. The normalized spacial score (nSPS) is 20.1. The van der Waals surface area contributed by atoms with Gasteiger partial charge in [-0.2, -0.15) is 0 Å². The minimum atomic E-state index is -0.828. The summed E-state index contributed by atoms with van der Waals surface area (Å²) in [6.45, 7) is 5.71. The number of nitrogens with one attached hydrogen (secondary N) is 1. The SMILES string of the molecule is COC(=O)C1=C2C[C@@H](NC(=O)OC(C)(C)C)CN2C(c2nccs2)=N[C@H]1c1ccc(F)cc1Cl. The van der Waals surface area contributed by atoms with E-state index >= 15 is 0 Å². The van der Waals surface area contributed by atoms with Crippen LogP contribution in [0.1, 0.15) is 43.8 Å². The Balaban J connectivity index is 1.78. The predicted octanol–water partition coefficient (Wildman–Crippen LogP) is 4.46. The Morgan fingerprint density at radius 1 is 1.32 bits per heavy atom. The van der Waals surface area contributed by atoms with Crippen molar-refractivity contribution in [1.82, 2.24) is 15.2 Å². The lowest BCUT2D eigenvalue weighted by Gasteiger charge is -2.31. The van der Waals surface area contributed by atoms with Gasteiger partial charge in [0.2, 0.25) is 0 Å². The maximum Gasteiger partial charge on any atom is 0.407 e. The van der Waals surface area contributed by atoms with Gasteiger partial charge in [0.25, 0.3) is 0 Å². The van der Waals surface area contributed by atoms with E-state index in [9.17, 15) is 14.0 Å². The van der Waals surface area contributed by atoms with Crippen LogP contribution in [0.25, 0.3) is 0 Å². The number of carbonyl (C=O) groups is 2. The topological polar surface area (TPSA) is 93.1 Å². The van der Waals surface area contributed by atoms with Crippen molar-refractivity contribution in [3.63, 3.8) is 0 Å². The molecular weight excluding hydrogens is 483 g/mol. The molecule has 2 aromatic rings. The summed E-state index contributed by atoms with van der Waals surface area (Å²) < 4.78 is 24.2. The number of alkyl carbamates (subject to hydrolysis) is 1. The number of fused-ring (bicyclic) bond motifs is 1. The average Bonchev–Trinajstić information content (AvgIpc) is 3.40. The van der Waals surface area contributed by atoms with Crippen LogP contribution in [0, 0.1) is 5.82 Å². The predicted molar refractivity (Wildman–Crippen MR) is 126 cm³/mol. The van der Waals surface area contributed by atoms with Crippen molar-refractivity contribution in [3.8, 4) is 0 Å². The first-order valence-electron chi connectivity index (χ1n) is 10.6. The zero-order valence-electron chi connectivity index (χ0n) is 19.1. The van der Waals surface area contributed by atoms with Crippen molar-refractivity contribution >= 4 is 40.8 Å². The van der Waals surface area contributed by atoms with Crippen molar-refractivity contribution in [1.29, 1.82) is 0 Å². The number of esters is 1. The van der Waals surface area contributed by atoms with Gasteiger partial charge in [-0.1, -0.05) is 17.7 Å². The molecule has 2 aliphatic rings. The Morgan fingerprint density at radius 3 is 2.71 bits per heavy atom. The molecule has 0 unspecified atom stereocenters. The fraction of sp³-hybridized carbons (Fsp3) is 0.391. The van der Waals surface area contributed by atoms with E-state index in [0.29, 0.717) is 35.1 Å². The average molecular weight is 507 g/mol. The first-order chi connectivity index (χ1) is 16.1. The summed E-state index contributed by atoms with van der Waals surface area (Å²) in [6.07, 6.45) is 1.45. The van der Waals surface area contributed by atoms with Gasteiger partial charge in [-0.05, 0) is 32.9 Å². The largest absolute Gasteiger partial charge is 0.466 e. The van der Waals surface area contributed by atoms with E-state index < -0.39 is 29.5 Å². The highest BCUT2D eigenvalue weighted by molar-refractivity contribution is 7.11. The highest BCUT2D eigenvalue weighted by atomic mass is 35.5. The zero-order chi connectivity index (χ0) is 24.6. The minimum Gasteiger partial charge on any atom is -0.466 e. The van der Waals surface area contributed by atoms with Crippen molar-refractivity contribution in [2.75, 3.05) is 13.7 Å². The van der Waals surface area contributed by atoms with E-state index in [0.717, 1.165) is 0 Å². The smallest absolute Gasteiger partial charge is 0.407 e. The fourth-order valence-corrected chi connectivity index (χ4v) is 4.90. The maximum absolute atomic E-state index is 13.7. The number of amides is 1. The molecule has 1 aromatic heterocycles. The molecule has 3 heterocycles. The van der Waals surface area contributed by atoms with Gasteiger partial charge < -0.3 is 19.7 Å². The van der Waals surface area contributed by atoms with Gasteiger partial charge in [0, 0.05) is 40.8 Å². The van der Waals surface area contributed by atoms with Crippen LogP contribution in [0.2, 0.25) is 5.02 Å². The van der Waals surface area contributed by atoms with E-state index in [2.05, 4.69) is 10.3 Å². The molecule has 2 atom stereocenters. The Morgan fingerprint density at radius 2 is 2.09 bits per heavy atom. The molecule has 1 aromatic carbocycles. The number of thiazole rings is 1. The number of aromatic nitrogens is 1. The molecule has 1 amide bonds. The third kappa shape index (κ3) is 4.92. The highest BCUT2D eigenvalue weighted by Crippen LogP contribution is 2.42. The molecular formula is C23H24ClFN4O4S. The van der Waals surface area contributed by atoms with Gasteiger partial charge in [0.15, 0.2) is 10.8 Å². The van der Waals surface area contributed by atoms with Crippen LogP contribution in [-0.2, 0) is 14.3 Å². The molecule has 34 heavy (non-hydrogen) atoms. The molecule has 0 bridgehead atoms. The monoisotopic (exact) mass is 506 g/mol. The van der Waals surface area contributed by atoms with Crippen LogP contribution in [-0.4, -0.2) is 53.1 Å². The standard InChI is InChI=1S/C23H24ClFN4O4S/c1-23(2,3)33-22(31)27-13-10-16-17(21(30)32-4)18(14-6-5-12(25)9-15(14)24)28-19(29(16)11-13)20-26-7-8-34-20/h5-9,13,18H,10-11H2,1-4H3,(H,27,31)/t13-,18+/m1/s1. The molecule has 1 N–H and O–H groups in total. The summed E-state index contributed by atoms with van der Waals surface area (Å²) in [6, 6.07) is 2.79. The summed E-state index contributed by atoms with van der Waals surface area (Å²) in [5.74, 6) is -0.535. The second-order valence-electron chi connectivity index (χ2n) is 8.87. The third-order valence-electron chi connectivity index (χ3n) is 5.27. The number of amidine groups is 1. The van der Waals surface area contributed by atoms with E-state index in [4.69, 9.17) is 26.1 Å². The Labute approximate surface area is 205 Å². The number of methoxy groups -OCH3 is 1. The molecule has 11 heteroatoms. The number of hydrogen-bond acceptors (Lipinski definition) is 8. The Bertz CT molecular complexity index is 1180. The summed E-state index contributed by atoms with van der Waals surface area (Å²) >= 11 is 7.76. The van der Waals surface area contributed by atoms with Gasteiger partial charge in [0.1, 0.15) is 17.5 Å². The molecule has 0 aliphatic carbocycles. The Kier molecular flexibility index (Phi) is 6.64. The quantitative estimate of drug-likeness (QED) is 0.615. The second kappa shape index (κ2) is 9.34. The summed E-state index contributed by atoms with van der Waals surface area (Å²) in [4.78, 5) is 36.5. The van der Waals surface area contributed by atoms with Crippen molar-refractivity contribution < 1.29 is 23.5 Å². The van der Waals surface area contributed by atoms with Crippen LogP contribution >= 0.6 is 22.9 Å². The Hall–Kier alpha value is -2.98. The number of halogens is 2. The number of aliphatic imine (C=N–C) groups is 1. The molecule has 0 saturated carbocycles.